The number of carbonyl (C=O) groups is 1. The van der Waals surface area contributed by atoms with Crippen LogP contribution in [0.1, 0.15) is 48.1 Å². The summed E-state index contributed by atoms with van der Waals surface area (Å²) < 4.78 is 0. The minimum Gasteiger partial charge on any atom is -0.313 e. The second-order valence-electron chi connectivity index (χ2n) is 7.46. The Kier molecular flexibility index (Phi) is 5.12. The van der Waals surface area contributed by atoms with Crippen LogP contribution in [-0.2, 0) is 17.6 Å². The van der Waals surface area contributed by atoms with Crippen molar-refractivity contribution in [3.63, 3.8) is 0 Å². The molecule has 1 amide bonds. The van der Waals surface area contributed by atoms with E-state index in [0.29, 0.717) is 16.5 Å². The molecule has 0 radical (unpaired) electrons. The molecule has 0 fully saturated rings. The average molecular weight is 371 g/mol. The third kappa shape index (κ3) is 4.02. The molecule has 25 heavy (non-hydrogen) atoms. The van der Waals surface area contributed by atoms with Gasteiger partial charge in [-0.15, -0.1) is 22.7 Å². The first-order valence-corrected chi connectivity index (χ1v) is 10.2. The summed E-state index contributed by atoms with van der Waals surface area (Å²) in [6.45, 7) is 6.83. The minimum atomic E-state index is -0.184. The van der Waals surface area contributed by atoms with Gasteiger partial charge < -0.3 is 5.32 Å². The normalized spacial score (nSPS) is 17.3. The van der Waals surface area contributed by atoms with Crippen molar-refractivity contribution in [3.8, 4) is 6.07 Å². The number of rotatable bonds is 3. The first-order chi connectivity index (χ1) is 11.9. The predicted octanol–water partition coefficient (Wildman–Crippen LogP) is 5.48. The first kappa shape index (κ1) is 17.9. The molecule has 0 unspecified atom stereocenters. The summed E-state index contributed by atoms with van der Waals surface area (Å²) in [7, 11) is 0. The zero-order valence-corrected chi connectivity index (χ0v) is 16.4. The number of nitriles is 1. The number of fused-ring (bicyclic) bond motifs is 1. The summed E-state index contributed by atoms with van der Waals surface area (Å²) in [5.41, 5.74) is 2.07. The highest BCUT2D eigenvalue weighted by atomic mass is 32.1. The zero-order valence-electron chi connectivity index (χ0n) is 14.8. The Balaban J connectivity index is 1.78. The molecule has 1 aliphatic carbocycles. The van der Waals surface area contributed by atoms with Crippen molar-refractivity contribution < 1.29 is 4.79 Å². The van der Waals surface area contributed by atoms with Crippen molar-refractivity contribution in [2.75, 3.05) is 5.32 Å². The van der Waals surface area contributed by atoms with Gasteiger partial charge in [-0.2, -0.15) is 5.26 Å². The molecule has 2 aromatic rings. The maximum absolute atomic E-state index is 12.2. The molecule has 5 heteroatoms. The van der Waals surface area contributed by atoms with Gasteiger partial charge in [-0.05, 0) is 53.7 Å². The van der Waals surface area contributed by atoms with Crippen LogP contribution >= 0.6 is 22.7 Å². The van der Waals surface area contributed by atoms with E-state index in [1.807, 2.05) is 17.5 Å². The lowest BCUT2D eigenvalue weighted by Crippen LogP contribution is -2.26. The van der Waals surface area contributed by atoms with Gasteiger partial charge in [-0.25, -0.2) is 0 Å². The lowest BCUT2D eigenvalue weighted by molar-refractivity contribution is -0.111. The average Bonchev–Trinajstić information content (AvgIpc) is 3.18. The lowest BCUT2D eigenvalue weighted by Gasteiger charge is -2.33. The molecule has 1 atom stereocenters. The van der Waals surface area contributed by atoms with Gasteiger partial charge in [0.15, 0.2) is 0 Å². The van der Waals surface area contributed by atoms with Gasteiger partial charge in [0.25, 0.3) is 0 Å². The van der Waals surface area contributed by atoms with E-state index in [1.165, 1.54) is 11.0 Å². The van der Waals surface area contributed by atoms with Crippen molar-refractivity contribution in [2.24, 2.45) is 11.3 Å². The van der Waals surface area contributed by atoms with Crippen molar-refractivity contribution in [1.82, 2.24) is 0 Å². The first-order valence-electron chi connectivity index (χ1n) is 8.45. The van der Waals surface area contributed by atoms with Gasteiger partial charge in [-0.1, -0.05) is 26.8 Å². The maximum atomic E-state index is 12.2. The van der Waals surface area contributed by atoms with Crippen LogP contribution in [0.25, 0.3) is 6.08 Å². The van der Waals surface area contributed by atoms with Crippen LogP contribution in [0.2, 0.25) is 0 Å². The van der Waals surface area contributed by atoms with Crippen LogP contribution in [0.15, 0.2) is 23.6 Å². The lowest BCUT2D eigenvalue weighted by atomic mass is 9.72. The molecule has 0 spiro atoms. The quantitative estimate of drug-likeness (QED) is 0.727. The summed E-state index contributed by atoms with van der Waals surface area (Å²) in [6.07, 6.45) is 6.36. The number of carbonyl (C=O) groups excluding carboxylic acids is 1. The minimum absolute atomic E-state index is 0.184. The van der Waals surface area contributed by atoms with Crippen molar-refractivity contribution in [1.29, 1.82) is 5.26 Å². The molecule has 130 valence electrons. The molecule has 3 rings (SSSR count). The summed E-state index contributed by atoms with van der Waals surface area (Å²) in [4.78, 5) is 14.5. The van der Waals surface area contributed by atoms with Gasteiger partial charge in [-0.3, -0.25) is 4.79 Å². The SMILES string of the molecule is CC(C)(C)[C@H]1CCc2c(sc(NC(=O)/C=C/c3cccs3)c2C#N)C1. The highest BCUT2D eigenvalue weighted by molar-refractivity contribution is 7.16. The van der Waals surface area contributed by atoms with Crippen LogP contribution in [-0.4, -0.2) is 5.91 Å². The van der Waals surface area contributed by atoms with Gasteiger partial charge in [0, 0.05) is 15.8 Å². The molecule has 0 aromatic carbocycles. The number of nitrogens with zero attached hydrogens (tertiary/aromatic N) is 1. The Morgan fingerprint density at radius 2 is 2.24 bits per heavy atom. The summed E-state index contributed by atoms with van der Waals surface area (Å²) in [5, 5.41) is 15.2. The monoisotopic (exact) mass is 370 g/mol. The Morgan fingerprint density at radius 1 is 1.44 bits per heavy atom. The molecular formula is C20H22N2OS2. The number of nitrogens with one attached hydrogen (secondary N) is 1. The molecule has 3 nitrogen and oxygen atoms in total. The van der Waals surface area contributed by atoms with Gasteiger partial charge in [0.2, 0.25) is 5.91 Å². The van der Waals surface area contributed by atoms with Crippen molar-refractivity contribution >= 4 is 39.7 Å². The zero-order chi connectivity index (χ0) is 18.0. The highest BCUT2D eigenvalue weighted by Gasteiger charge is 2.32. The van der Waals surface area contributed by atoms with Gasteiger partial charge in [0.05, 0.1) is 5.56 Å². The van der Waals surface area contributed by atoms with E-state index in [4.69, 9.17) is 0 Å². The molecule has 2 heterocycles. The van der Waals surface area contributed by atoms with E-state index >= 15 is 0 Å². The summed E-state index contributed by atoms with van der Waals surface area (Å²) in [5.74, 6) is 0.434. The fourth-order valence-corrected chi connectivity index (χ4v) is 5.13. The molecule has 1 N–H and O–H groups in total. The molecule has 0 aliphatic heterocycles. The third-order valence-electron chi connectivity index (χ3n) is 4.78. The number of amides is 1. The van der Waals surface area contributed by atoms with Gasteiger partial charge in [0.1, 0.15) is 11.1 Å². The van der Waals surface area contributed by atoms with Crippen LogP contribution in [0.4, 0.5) is 5.00 Å². The number of thiophene rings is 2. The van der Waals surface area contributed by atoms with E-state index in [-0.39, 0.29) is 11.3 Å². The van der Waals surface area contributed by atoms with E-state index in [2.05, 4.69) is 32.2 Å². The van der Waals surface area contributed by atoms with Gasteiger partial charge >= 0.3 is 0 Å². The summed E-state index contributed by atoms with van der Waals surface area (Å²) >= 11 is 3.16. The third-order valence-corrected chi connectivity index (χ3v) is 6.79. The second kappa shape index (κ2) is 7.15. The topological polar surface area (TPSA) is 52.9 Å². The Bertz CT molecular complexity index is 832. The number of anilines is 1. The van der Waals surface area contributed by atoms with Crippen LogP contribution in [0, 0.1) is 22.7 Å². The smallest absolute Gasteiger partial charge is 0.249 e. The largest absolute Gasteiger partial charge is 0.313 e. The molecule has 0 saturated carbocycles. The van der Waals surface area contributed by atoms with Crippen LogP contribution < -0.4 is 5.32 Å². The van der Waals surface area contributed by atoms with Crippen molar-refractivity contribution in [3.05, 3.63) is 44.5 Å². The fraction of sp³-hybridized carbons (Fsp3) is 0.400. The molecule has 2 aromatic heterocycles. The van der Waals surface area contributed by atoms with E-state index in [0.717, 1.165) is 29.7 Å². The second-order valence-corrected chi connectivity index (χ2v) is 9.55. The number of hydrogen-bond donors (Lipinski definition) is 1. The fourth-order valence-electron chi connectivity index (χ4n) is 3.23. The Labute approximate surface area is 157 Å². The highest BCUT2D eigenvalue weighted by Crippen LogP contribution is 2.43. The molecular weight excluding hydrogens is 348 g/mol. The Morgan fingerprint density at radius 3 is 2.88 bits per heavy atom. The predicted molar refractivity (Wildman–Crippen MR) is 106 cm³/mol. The Hall–Kier alpha value is -1.90. The van der Waals surface area contributed by atoms with Crippen LogP contribution in [0.3, 0.4) is 0 Å². The van der Waals surface area contributed by atoms with E-state index < -0.39 is 0 Å². The standard InChI is InChI=1S/C20H22N2OS2/c1-20(2,3)13-6-8-15-16(12-21)19(25-17(15)11-13)22-18(23)9-7-14-5-4-10-24-14/h4-5,7,9-10,13H,6,8,11H2,1-3H3,(H,22,23)/b9-7+/t13-/m0/s1. The molecule has 0 bridgehead atoms. The van der Waals surface area contributed by atoms with E-state index in [1.54, 1.807) is 28.7 Å². The molecule has 0 saturated heterocycles. The van der Waals surface area contributed by atoms with Crippen LogP contribution in [0.5, 0.6) is 0 Å². The summed E-state index contributed by atoms with van der Waals surface area (Å²) in [6, 6.07) is 6.22. The number of hydrogen-bond acceptors (Lipinski definition) is 4. The van der Waals surface area contributed by atoms with Crippen molar-refractivity contribution in [2.45, 2.75) is 40.0 Å². The van der Waals surface area contributed by atoms with E-state index in [9.17, 15) is 10.1 Å². The maximum Gasteiger partial charge on any atom is 0.249 e. The molecule has 1 aliphatic rings.